The summed E-state index contributed by atoms with van der Waals surface area (Å²) < 4.78 is 1.49. The third-order valence-corrected chi connectivity index (χ3v) is 2.74. The molecule has 0 saturated heterocycles. The van der Waals surface area contributed by atoms with Crippen LogP contribution < -0.4 is 0 Å². The Labute approximate surface area is 93.6 Å². The van der Waals surface area contributed by atoms with Gasteiger partial charge in [0.2, 0.25) is 0 Å². The maximum absolute atomic E-state index is 11.2. The van der Waals surface area contributed by atoms with Crippen molar-refractivity contribution in [1.29, 1.82) is 0 Å². The van der Waals surface area contributed by atoms with Crippen LogP contribution in [-0.2, 0) is 4.79 Å². The van der Waals surface area contributed by atoms with E-state index in [2.05, 4.69) is 15.5 Å². The fraction of sp³-hybridized carbons (Fsp3) is 0.800. The van der Waals surface area contributed by atoms with Crippen molar-refractivity contribution in [1.82, 2.24) is 20.2 Å². The molecule has 1 aromatic rings. The molecule has 0 aliphatic heterocycles. The average molecular weight is 224 g/mol. The van der Waals surface area contributed by atoms with E-state index in [1.165, 1.54) is 4.68 Å². The molecule has 88 valence electrons. The molecule has 1 atom stereocenters. The van der Waals surface area contributed by atoms with Crippen LogP contribution in [0.1, 0.15) is 50.9 Å². The second-order valence-electron chi connectivity index (χ2n) is 4.74. The molecule has 0 bridgehead atoms. The molecule has 1 aromatic heterocycles. The van der Waals surface area contributed by atoms with Gasteiger partial charge >= 0.3 is 5.97 Å². The molecule has 16 heavy (non-hydrogen) atoms. The largest absolute Gasteiger partial charge is 0.480 e. The zero-order chi connectivity index (χ0) is 11.7. The van der Waals surface area contributed by atoms with Crippen LogP contribution in [0, 0.1) is 5.92 Å². The second kappa shape index (κ2) is 4.19. The molecule has 1 saturated carbocycles. The van der Waals surface area contributed by atoms with Crippen LogP contribution in [0.15, 0.2) is 0 Å². The summed E-state index contributed by atoms with van der Waals surface area (Å²) in [7, 11) is 0. The summed E-state index contributed by atoms with van der Waals surface area (Å²) in [4.78, 5) is 11.2. The lowest BCUT2D eigenvalue weighted by Crippen LogP contribution is -2.23. The number of hydrogen-bond acceptors (Lipinski definition) is 4. The van der Waals surface area contributed by atoms with Crippen LogP contribution in [0.4, 0.5) is 0 Å². The highest BCUT2D eigenvalue weighted by molar-refractivity contribution is 5.71. The van der Waals surface area contributed by atoms with Crippen molar-refractivity contribution < 1.29 is 9.90 Å². The second-order valence-corrected chi connectivity index (χ2v) is 4.74. The van der Waals surface area contributed by atoms with E-state index in [-0.39, 0.29) is 0 Å². The van der Waals surface area contributed by atoms with Gasteiger partial charge in [-0.3, -0.25) is 0 Å². The Bertz CT molecular complexity index is 384. The molecule has 1 N–H and O–H groups in total. The van der Waals surface area contributed by atoms with Crippen LogP contribution in [-0.4, -0.2) is 31.3 Å². The summed E-state index contributed by atoms with van der Waals surface area (Å²) in [5.41, 5.74) is 0. The summed E-state index contributed by atoms with van der Waals surface area (Å²) in [5.74, 6) is 0.539. The number of rotatable bonds is 5. The first-order valence-electron chi connectivity index (χ1n) is 5.60. The Morgan fingerprint density at radius 3 is 2.75 bits per heavy atom. The van der Waals surface area contributed by atoms with Crippen LogP contribution in [0.5, 0.6) is 0 Å². The Morgan fingerprint density at radius 2 is 2.25 bits per heavy atom. The van der Waals surface area contributed by atoms with Gasteiger partial charge in [0.1, 0.15) is 0 Å². The maximum atomic E-state index is 11.2. The van der Waals surface area contributed by atoms with Gasteiger partial charge in [0.05, 0.1) is 0 Å². The van der Waals surface area contributed by atoms with Gasteiger partial charge in [0.15, 0.2) is 11.9 Å². The van der Waals surface area contributed by atoms with E-state index in [4.69, 9.17) is 0 Å². The van der Waals surface area contributed by atoms with E-state index in [1.54, 1.807) is 0 Å². The van der Waals surface area contributed by atoms with Crippen LogP contribution in [0.2, 0.25) is 0 Å². The SMILES string of the molecule is CC(C)CC(C(=O)O)n1nnnc1C1CC1. The minimum absolute atomic E-state index is 0.303. The lowest BCUT2D eigenvalue weighted by atomic mass is 10.0. The number of carbonyl (C=O) groups is 1. The fourth-order valence-electron chi connectivity index (χ4n) is 1.78. The Hall–Kier alpha value is -1.46. The molecule has 0 amide bonds. The van der Waals surface area contributed by atoms with Crippen molar-refractivity contribution in [3.05, 3.63) is 5.82 Å². The van der Waals surface area contributed by atoms with Crippen LogP contribution >= 0.6 is 0 Å². The summed E-state index contributed by atoms with van der Waals surface area (Å²) in [6, 6.07) is -0.634. The minimum Gasteiger partial charge on any atom is -0.480 e. The van der Waals surface area contributed by atoms with Crippen molar-refractivity contribution in [2.45, 2.75) is 45.1 Å². The highest BCUT2D eigenvalue weighted by Crippen LogP contribution is 2.39. The molecule has 1 aliphatic rings. The average Bonchev–Trinajstić information content (AvgIpc) is 2.93. The van der Waals surface area contributed by atoms with Crippen molar-refractivity contribution in [2.24, 2.45) is 5.92 Å². The number of carboxylic acids is 1. The number of nitrogens with zero attached hydrogens (tertiary/aromatic N) is 4. The zero-order valence-corrected chi connectivity index (χ0v) is 9.50. The van der Waals surface area contributed by atoms with E-state index in [1.807, 2.05) is 13.8 Å². The van der Waals surface area contributed by atoms with Gasteiger partial charge in [-0.15, -0.1) is 5.10 Å². The summed E-state index contributed by atoms with van der Waals surface area (Å²) >= 11 is 0. The Kier molecular flexibility index (Phi) is 2.89. The van der Waals surface area contributed by atoms with Crippen molar-refractivity contribution in [3.8, 4) is 0 Å². The molecule has 1 aliphatic carbocycles. The molecule has 1 fully saturated rings. The number of hydrogen-bond donors (Lipinski definition) is 1. The lowest BCUT2D eigenvalue weighted by Gasteiger charge is -2.15. The van der Waals surface area contributed by atoms with E-state index < -0.39 is 12.0 Å². The Morgan fingerprint density at radius 1 is 1.56 bits per heavy atom. The van der Waals surface area contributed by atoms with Gasteiger partial charge in [-0.1, -0.05) is 13.8 Å². The normalized spacial score (nSPS) is 17.7. The van der Waals surface area contributed by atoms with Crippen LogP contribution in [0.3, 0.4) is 0 Å². The molecule has 1 unspecified atom stereocenters. The highest BCUT2D eigenvalue weighted by Gasteiger charge is 2.34. The fourth-order valence-corrected chi connectivity index (χ4v) is 1.78. The first-order chi connectivity index (χ1) is 7.59. The van der Waals surface area contributed by atoms with Gasteiger partial charge in [-0.25, -0.2) is 9.48 Å². The highest BCUT2D eigenvalue weighted by atomic mass is 16.4. The molecular formula is C10H16N4O2. The summed E-state index contributed by atoms with van der Waals surface area (Å²) in [5, 5.41) is 20.6. The summed E-state index contributed by atoms with van der Waals surface area (Å²) in [6.45, 7) is 3.99. The van der Waals surface area contributed by atoms with Crippen molar-refractivity contribution >= 4 is 5.97 Å². The number of tetrazole rings is 1. The van der Waals surface area contributed by atoms with E-state index in [0.717, 1.165) is 18.7 Å². The van der Waals surface area contributed by atoms with Crippen molar-refractivity contribution in [3.63, 3.8) is 0 Å². The number of aromatic nitrogens is 4. The molecule has 2 rings (SSSR count). The summed E-state index contributed by atoms with van der Waals surface area (Å²) in [6.07, 6.45) is 2.68. The van der Waals surface area contributed by atoms with Gasteiger partial charge in [-0.2, -0.15) is 0 Å². The van der Waals surface area contributed by atoms with E-state index in [0.29, 0.717) is 18.3 Å². The van der Waals surface area contributed by atoms with Gasteiger partial charge < -0.3 is 5.11 Å². The van der Waals surface area contributed by atoms with Crippen molar-refractivity contribution in [2.75, 3.05) is 0 Å². The van der Waals surface area contributed by atoms with Crippen LogP contribution in [0.25, 0.3) is 0 Å². The first kappa shape index (κ1) is 11.0. The predicted octanol–water partition coefficient (Wildman–Crippen LogP) is 1.22. The first-order valence-corrected chi connectivity index (χ1v) is 5.60. The Balaban J connectivity index is 2.23. The van der Waals surface area contributed by atoms with E-state index in [9.17, 15) is 9.90 Å². The molecule has 1 heterocycles. The van der Waals surface area contributed by atoms with Gasteiger partial charge in [0, 0.05) is 5.92 Å². The zero-order valence-electron chi connectivity index (χ0n) is 9.50. The number of carboxylic acid groups (broad SMARTS) is 1. The topological polar surface area (TPSA) is 80.9 Å². The third kappa shape index (κ3) is 2.20. The molecule has 0 aromatic carbocycles. The smallest absolute Gasteiger partial charge is 0.328 e. The molecule has 0 radical (unpaired) electrons. The maximum Gasteiger partial charge on any atom is 0.328 e. The molecule has 0 spiro atoms. The molecule has 6 heteroatoms. The molecular weight excluding hydrogens is 208 g/mol. The quantitative estimate of drug-likeness (QED) is 0.813. The molecule has 6 nitrogen and oxygen atoms in total. The van der Waals surface area contributed by atoms with Gasteiger partial charge in [-0.05, 0) is 35.6 Å². The number of aliphatic carboxylic acids is 1. The monoisotopic (exact) mass is 224 g/mol. The third-order valence-electron chi connectivity index (χ3n) is 2.74. The predicted molar refractivity (Wildman–Crippen MR) is 55.9 cm³/mol. The van der Waals surface area contributed by atoms with E-state index >= 15 is 0 Å². The minimum atomic E-state index is -0.858. The lowest BCUT2D eigenvalue weighted by molar-refractivity contribution is -0.141. The van der Waals surface area contributed by atoms with Gasteiger partial charge in [0.25, 0.3) is 0 Å². The standard InChI is InChI=1S/C10H16N4O2/c1-6(2)5-8(10(15)16)14-9(7-3-4-7)11-12-13-14/h6-8H,3-5H2,1-2H3,(H,15,16).